The van der Waals surface area contributed by atoms with Crippen LogP contribution < -0.4 is 4.90 Å². The number of aromatic nitrogens is 1. The summed E-state index contributed by atoms with van der Waals surface area (Å²) in [4.78, 5) is 20.0. The van der Waals surface area contributed by atoms with Gasteiger partial charge in [0, 0.05) is 26.3 Å². The van der Waals surface area contributed by atoms with E-state index in [0.29, 0.717) is 12.2 Å². The minimum atomic E-state index is -0.499. The number of ether oxygens (including phenoxy) is 1. The number of amides is 1. The average molecular weight is 302 g/mol. The van der Waals surface area contributed by atoms with Crippen LogP contribution in [0.2, 0.25) is 0 Å². The van der Waals surface area contributed by atoms with Crippen molar-refractivity contribution >= 4 is 11.8 Å². The predicted octanol–water partition coefficient (Wildman–Crippen LogP) is 2.40. The molecule has 0 saturated carbocycles. The smallest absolute Gasteiger partial charge is 0.410 e. The molecule has 1 aliphatic heterocycles. The summed E-state index contributed by atoms with van der Waals surface area (Å²) in [5.74, 6) is 0. The second-order valence-corrected chi connectivity index (χ2v) is 6.46. The largest absolute Gasteiger partial charge is 0.444 e. The Bertz CT molecular complexity index is 589. The average Bonchev–Trinajstić information content (AvgIpc) is 2.94. The number of hydrogen-bond acceptors (Lipinski definition) is 5. The van der Waals surface area contributed by atoms with E-state index < -0.39 is 5.60 Å². The molecule has 0 spiro atoms. The van der Waals surface area contributed by atoms with Gasteiger partial charge in [-0.3, -0.25) is 0 Å². The molecular formula is C16H22N4O2. The molecule has 1 aliphatic rings. The van der Waals surface area contributed by atoms with Gasteiger partial charge in [0.05, 0.1) is 11.7 Å². The Kier molecular flexibility index (Phi) is 4.55. The van der Waals surface area contributed by atoms with Gasteiger partial charge in [-0.2, -0.15) is 5.26 Å². The van der Waals surface area contributed by atoms with Crippen molar-refractivity contribution in [1.29, 1.82) is 5.26 Å². The van der Waals surface area contributed by atoms with E-state index in [1.165, 1.54) is 0 Å². The first kappa shape index (κ1) is 16.1. The number of anilines is 1. The molecule has 0 radical (unpaired) electrons. The van der Waals surface area contributed by atoms with Crippen LogP contribution in [0.15, 0.2) is 18.3 Å². The lowest BCUT2D eigenvalue weighted by atomic mass is 10.2. The first-order chi connectivity index (χ1) is 10.3. The van der Waals surface area contributed by atoms with Gasteiger partial charge >= 0.3 is 6.09 Å². The zero-order chi connectivity index (χ0) is 16.3. The van der Waals surface area contributed by atoms with E-state index in [0.717, 1.165) is 18.7 Å². The number of rotatable bonds is 2. The lowest BCUT2D eigenvalue weighted by Gasteiger charge is -2.28. The second-order valence-electron chi connectivity index (χ2n) is 6.46. The van der Waals surface area contributed by atoms with E-state index in [4.69, 9.17) is 10.00 Å². The highest BCUT2D eigenvalue weighted by Crippen LogP contribution is 2.25. The fraction of sp³-hybridized carbons (Fsp3) is 0.562. The van der Waals surface area contributed by atoms with E-state index in [1.54, 1.807) is 18.1 Å². The molecule has 1 aromatic heterocycles. The summed E-state index contributed by atoms with van der Waals surface area (Å²) in [5.41, 5.74) is 0.745. The predicted molar refractivity (Wildman–Crippen MR) is 83.6 cm³/mol. The highest BCUT2D eigenvalue weighted by atomic mass is 16.6. The van der Waals surface area contributed by atoms with E-state index >= 15 is 0 Å². The molecule has 1 aromatic rings. The van der Waals surface area contributed by atoms with Crippen molar-refractivity contribution in [2.45, 2.75) is 38.8 Å². The fourth-order valence-electron chi connectivity index (χ4n) is 2.50. The number of nitriles is 1. The molecule has 0 N–H and O–H groups in total. The van der Waals surface area contributed by atoms with Crippen molar-refractivity contribution in [3.05, 3.63) is 24.0 Å². The molecule has 1 atom stereocenters. The van der Waals surface area contributed by atoms with E-state index in [9.17, 15) is 4.79 Å². The molecule has 0 bridgehead atoms. The summed E-state index contributed by atoms with van der Waals surface area (Å²) in [6.45, 7) is 7.03. The summed E-state index contributed by atoms with van der Waals surface area (Å²) >= 11 is 0. The standard InChI is InChI=1S/C16H22N4O2/c1-16(2,3)22-15(21)19(4)12-7-9-20(11-12)14-6-5-8-18-13(14)10-17/h5-6,8,12H,7,9,11H2,1-4H3/t12-/m1/s1. The van der Waals surface area contributed by atoms with Gasteiger partial charge in [-0.25, -0.2) is 9.78 Å². The summed E-state index contributed by atoms with van der Waals surface area (Å²) < 4.78 is 5.40. The molecule has 6 heteroatoms. The minimum absolute atomic E-state index is 0.0709. The Labute approximate surface area is 131 Å². The van der Waals surface area contributed by atoms with Crippen LogP contribution in [-0.4, -0.2) is 47.8 Å². The SMILES string of the molecule is CN(C(=O)OC(C)(C)C)[C@@H]1CCN(c2cccnc2C#N)C1. The van der Waals surface area contributed by atoms with E-state index in [-0.39, 0.29) is 12.1 Å². The normalized spacial score (nSPS) is 18.0. The monoisotopic (exact) mass is 302 g/mol. The number of carbonyl (C=O) groups is 1. The highest BCUT2D eigenvalue weighted by molar-refractivity contribution is 5.68. The van der Waals surface area contributed by atoms with Gasteiger partial charge in [0.2, 0.25) is 0 Å². The summed E-state index contributed by atoms with van der Waals surface area (Å²) in [6, 6.07) is 5.89. The molecule has 0 aliphatic carbocycles. The minimum Gasteiger partial charge on any atom is -0.444 e. The van der Waals surface area contributed by atoms with Crippen molar-refractivity contribution in [1.82, 2.24) is 9.88 Å². The molecule has 118 valence electrons. The Morgan fingerprint density at radius 1 is 1.55 bits per heavy atom. The quantitative estimate of drug-likeness (QED) is 0.839. The third-order valence-corrected chi connectivity index (χ3v) is 3.63. The molecule has 1 fully saturated rings. The Morgan fingerprint density at radius 3 is 2.91 bits per heavy atom. The molecule has 1 saturated heterocycles. The first-order valence-corrected chi connectivity index (χ1v) is 7.37. The maximum absolute atomic E-state index is 12.1. The van der Waals surface area contributed by atoms with E-state index in [2.05, 4.69) is 16.0 Å². The Morgan fingerprint density at radius 2 is 2.27 bits per heavy atom. The molecule has 1 amide bonds. The topological polar surface area (TPSA) is 69.5 Å². The Balaban J connectivity index is 2.04. The van der Waals surface area contributed by atoms with Crippen LogP contribution in [-0.2, 0) is 4.74 Å². The van der Waals surface area contributed by atoms with Crippen LogP contribution in [0.25, 0.3) is 0 Å². The van der Waals surface area contributed by atoms with Gasteiger partial charge in [-0.1, -0.05) is 0 Å². The van der Waals surface area contributed by atoms with Gasteiger partial charge in [0.15, 0.2) is 5.69 Å². The summed E-state index contributed by atoms with van der Waals surface area (Å²) in [7, 11) is 1.76. The first-order valence-electron chi connectivity index (χ1n) is 7.37. The van der Waals surface area contributed by atoms with Crippen molar-refractivity contribution < 1.29 is 9.53 Å². The maximum atomic E-state index is 12.1. The maximum Gasteiger partial charge on any atom is 0.410 e. The van der Waals surface area contributed by atoms with E-state index in [1.807, 2.05) is 32.9 Å². The van der Waals surface area contributed by atoms with Crippen molar-refractivity contribution in [2.75, 3.05) is 25.0 Å². The van der Waals surface area contributed by atoms with Crippen LogP contribution in [0.5, 0.6) is 0 Å². The molecule has 0 aromatic carbocycles. The molecule has 22 heavy (non-hydrogen) atoms. The third kappa shape index (κ3) is 3.67. The third-order valence-electron chi connectivity index (χ3n) is 3.63. The van der Waals surface area contributed by atoms with Crippen LogP contribution in [0, 0.1) is 11.3 Å². The van der Waals surface area contributed by atoms with Crippen LogP contribution >= 0.6 is 0 Å². The fourth-order valence-corrected chi connectivity index (χ4v) is 2.50. The second kappa shape index (κ2) is 6.22. The summed E-state index contributed by atoms with van der Waals surface area (Å²) in [5, 5.41) is 9.15. The van der Waals surface area contributed by atoms with Gasteiger partial charge in [-0.05, 0) is 39.3 Å². The van der Waals surface area contributed by atoms with Crippen LogP contribution in [0.3, 0.4) is 0 Å². The molecular weight excluding hydrogens is 280 g/mol. The Hall–Kier alpha value is -2.29. The molecule has 2 heterocycles. The van der Waals surface area contributed by atoms with Crippen molar-refractivity contribution in [3.8, 4) is 6.07 Å². The molecule has 6 nitrogen and oxygen atoms in total. The summed E-state index contributed by atoms with van der Waals surface area (Å²) in [6.07, 6.45) is 2.14. The zero-order valence-electron chi connectivity index (χ0n) is 13.5. The lowest BCUT2D eigenvalue weighted by molar-refractivity contribution is 0.0238. The van der Waals surface area contributed by atoms with Gasteiger partial charge in [-0.15, -0.1) is 0 Å². The lowest BCUT2D eigenvalue weighted by Crippen LogP contribution is -2.42. The molecule has 0 unspecified atom stereocenters. The van der Waals surface area contributed by atoms with Crippen LogP contribution in [0.1, 0.15) is 32.9 Å². The van der Waals surface area contributed by atoms with Crippen molar-refractivity contribution in [2.24, 2.45) is 0 Å². The van der Waals surface area contributed by atoms with Crippen molar-refractivity contribution in [3.63, 3.8) is 0 Å². The number of carbonyl (C=O) groups excluding carboxylic acids is 1. The van der Waals surface area contributed by atoms with Crippen LogP contribution in [0.4, 0.5) is 10.5 Å². The number of pyridine rings is 1. The zero-order valence-corrected chi connectivity index (χ0v) is 13.5. The van der Waals surface area contributed by atoms with Gasteiger partial charge < -0.3 is 14.5 Å². The highest BCUT2D eigenvalue weighted by Gasteiger charge is 2.31. The number of hydrogen-bond donors (Lipinski definition) is 0. The number of likely N-dealkylation sites (N-methyl/N-ethyl adjacent to an activating group) is 1. The number of nitrogens with zero attached hydrogens (tertiary/aromatic N) is 4. The van der Waals surface area contributed by atoms with Gasteiger partial charge in [0.25, 0.3) is 0 Å². The van der Waals surface area contributed by atoms with Gasteiger partial charge in [0.1, 0.15) is 11.7 Å². The molecule has 2 rings (SSSR count).